The molecular weight excluding hydrogens is 338 g/mol. The van der Waals surface area contributed by atoms with Gasteiger partial charge in [-0.3, -0.25) is 19.2 Å². The summed E-state index contributed by atoms with van der Waals surface area (Å²) in [6, 6.07) is 6.16. The van der Waals surface area contributed by atoms with E-state index in [2.05, 4.69) is 16.0 Å². The topological polar surface area (TPSA) is 125 Å². The van der Waals surface area contributed by atoms with Crippen molar-refractivity contribution < 1.29 is 24.3 Å². The summed E-state index contributed by atoms with van der Waals surface area (Å²) in [7, 11) is 0. The predicted octanol–water partition coefficient (Wildman–Crippen LogP) is 1.38. The summed E-state index contributed by atoms with van der Waals surface area (Å²) in [6.45, 7) is 3.98. The number of carbonyl (C=O) groups excluding carboxylic acids is 3. The molecule has 0 aliphatic heterocycles. The molecule has 1 aromatic rings. The van der Waals surface area contributed by atoms with Crippen LogP contribution in [0.1, 0.15) is 43.5 Å². The summed E-state index contributed by atoms with van der Waals surface area (Å²) >= 11 is 0. The molecule has 0 aliphatic rings. The smallest absolute Gasteiger partial charge is 0.305 e. The number of carboxylic acids is 1. The summed E-state index contributed by atoms with van der Waals surface area (Å²) in [5.74, 6) is -1.47. The SMILES string of the molecule is CC(C)CCC(=O)NCC(=O)Nc1ccc(C(=O)NCCC(=O)O)cc1. The van der Waals surface area contributed by atoms with Crippen LogP contribution in [0.4, 0.5) is 5.69 Å². The lowest BCUT2D eigenvalue weighted by Crippen LogP contribution is -2.32. The van der Waals surface area contributed by atoms with E-state index in [1.165, 1.54) is 12.1 Å². The third-order valence-corrected chi connectivity index (χ3v) is 3.45. The van der Waals surface area contributed by atoms with Gasteiger partial charge >= 0.3 is 5.97 Å². The molecule has 1 aromatic carbocycles. The van der Waals surface area contributed by atoms with Crippen LogP contribution < -0.4 is 16.0 Å². The maximum Gasteiger partial charge on any atom is 0.305 e. The van der Waals surface area contributed by atoms with Gasteiger partial charge < -0.3 is 21.1 Å². The zero-order chi connectivity index (χ0) is 19.5. The number of benzene rings is 1. The van der Waals surface area contributed by atoms with Crippen molar-refractivity contribution in [3.8, 4) is 0 Å². The number of hydrogen-bond acceptors (Lipinski definition) is 4. The first-order valence-corrected chi connectivity index (χ1v) is 8.44. The molecule has 0 radical (unpaired) electrons. The van der Waals surface area contributed by atoms with E-state index in [-0.39, 0.29) is 37.2 Å². The van der Waals surface area contributed by atoms with E-state index in [1.807, 2.05) is 13.8 Å². The van der Waals surface area contributed by atoms with E-state index in [9.17, 15) is 19.2 Å². The molecule has 8 heteroatoms. The number of nitrogens with one attached hydrogen (secondary N) is 3. The van der Waals surface area contributed by atoms with Crippen LogP contribution in [-0.4, -0.2) is 41.9 Å². The second-order valence-corrected chi connectivity index (χ2v) is 6.23. The Morgan fingerprint density at radius 3 is 2.19 bits per heavy atom. The largest absolute Gasteiger partial charge is 0.481 e. The first-order valence-electron chi connectivity index (χ1n) is 8.44. The van der Waals surface area contributed by atoms with Crippen molar-refractivity contribution in [1.29, 1.82) is 0 Å². The standard InChI is InChI=1S/C18H25N3O5/c1-12(2)3-8-15(22)20-11-16(23)21-14-6-4-13(5-7-14)18(26)19-10-9-17(24)25/h4-7,12H,3,8-11H2,1-2H3,(H,19,26)(H,20,22)(H,21,23)(H,24,25). The van der Waals surface area contributed by atoms with Gasteiger partial charge in [0.1, 0.15) is 0 Å². The Balaban J connectivity index is 2.39. The third kappa shape index (κ3) is 8.81. The number of rotatable bonds is 10. The summed E-state index contributed by atoms with van der Waals surface area (Å²) in [6.07, 6.45) is 1.00. The molecular formula is C18H25N3O5. The number of carbonyl (C=O) groups is 4. The van der Waals surface area contributed by atoms with Crippen LogP contribution >= 0.6 is 0 Å². The fourth-order valence-corrected chi connectivity index (χ4v) is 1.98. The molecule has 4 N–H and O–H groups in total. The number of carboxylic acid groups (broad SMARTS) is 1. The molecule has 0 unspecified atom stereocenters. The van der Waals surface area contributed by atoms with Crippen LogP contribution in [-0.2, 0) is 14.4 Å². The average molecular weight is 363 g/mol. The van der Waals surface area contributed by atoms with Crippen molar-refractivity contribution in [3.63, 3.8) is 0 Å². The molecule has 0 aromatic heterocycles. The Morgan fingerprint density at radius 1 is 0.962 bits per heavy atom. The molecule has 0 aliphatic carbocycles. The molecule has 142 valence electrons. The number of amides is 3. The quantitative estimate of drug-likeness (QED) is 0.500. The molecule has 0 spiro atoms. The molecule has 0 saturated heterocycles. The minimum absolute atomic E-state index is 0.0448. The van der Waals surface area contributed by atoms with Gasteiger partial charge in [-0.2, -0.15) is 0 Å². The Bertz CT molecular complexity index is 641. The van der Waals surface area contributed by atoms with Gasteiger partial charge in [0, 0.05) is 24.2 Å². The Hall–Kier alpha value is -2.90. The zero-order valence-corrected chi connectivity index (χ0v) is 15.0. The monoisotopic (exact) mass is 363 g/mol. The third-order valence-electron chi connectivity index (χ3n) is 3.45. The fraction of sp³-hybridized carbons (Fsp3) is 0.444. The second-order valence-electron chi connectivity index (χ2n) is 6.23. The highest BCUT2D eigenvalue weighted by Gasteiger charge is 2.09. The van der Waals surface area contributed by atoms with Gasteiger partial charge in [0.05, 0.1) is 13.0 Å². The van der Waals surface area contributed by atoms with Crippen molar-refractivity contribution >= 4 is 29.4 Å². The van der Waals surface area contributed by atoms with Crippen molar-refractivity contribution in [2.24, 2.45) is 5.92 Å². The van der Waals surface area contributed by atoms with Crippen LogP contribution in [0.25, 0.3) is 0 Å². The van der Waals surface area contributed by atoms with E-state index in [0.717, 1.165) is 6.42 Å². The van der Waals surface area contributed by atoms with Gasteiger partial charge in [0.25, 0.3) is 5.91 Å². The Kier molecular flexibility index (Phi) is 8.83. The van der Waals surface area contributed by atoms with Gasteiger partial charge in [0.2, 0.25) is 11.8 Å². The predicted molar refractivity (Wildman–Crippen MR) is 96.7 cm³/mol. The maximum absolute atomic E-state index is 11.8. The van der Waals surface area contributed by atoms with E-state index in [1.54, 1.807) is 12.1 Å². The maximum atomic E-state index is 11.8. The molecule has 3 amide bonds. The highest BCUT2D eigenvalue weighted by molar-refractivity contribution is 5.97. The van der Waals surface area contributed by atoms with Crippen LogP contribution in [0.15, 0.2) is 24.3 Å². The first-order chi connectivity index (χ1) is 12.3. The van der Waals surface area contributed by atoms with Crippen LogP contribution in [0, 0.1) is 5.92 Å². The molecule has 0 atom stereocenters. The lowest BCUT2D eigenvalue weighted by molar-refractivity contribution is -0.136. The van der Waals surface area contributed by atoms with Crippen molar-refractivity contribution in [2.75, 3.05) is 18.4 Å². The van der Waals surface area contributed by atoms with Crippen LogP contribution in [0.3, 0.4) is 0 Å². The number of hydrogen-bond donors (Lipinski definition) is 4. The summed E-state index contributed by atoms with van der Waals surface area (Å²) in [5, 5.41) is 16.2. The van der Waals surface area contributed by atoms with Gasteiger partial charge in [-0.1, -0.05) is 13.8 Å². The zero-order valence-electron chi connectivity index (χ0n) is 15.0. The van der Waals surface area contributed by atoms with Gasteiger partial charge in [0.15, 0.2) is 0 Å². The van der Waals surface area contributed by atoms with Crippen molar-refractivity contribution in [2.45, 2.75) is 33.1 Å². The Labute approximate surface area is 152 Å². The highest BCUT2D eigenvalue weighted by Crippen LogP contribution is 2.09. The fourth-order valence-electron chi connectivity index (χ4n) is 1.98. The summed E-state index contributed by atoms with van der Waals surface area (Å²) < 4.78 is 0. The molecule has 0 saturated carbocycles. The summed E-state index contributed by atoms with van der Waals surface area (Å²) in [5.41, 5.74) is 0.851. The van der Waals surface area contributed by atoms with E-state index in [0.29, 0.717) is 23.6 Å². The van der Waals surface area contributed by atoms with E-state index >= 15 is 0 Å². The van der Waals surface area contributed by atoms with E-state index in [4.69, 9.17) is 5.11 Å². The van der Waals surface area contributed by atoms with Crippen LogP contribution in [0.2, 0.25) is 0 Å². The Morgan fingerprint density at radius 2 is 1.62 bits per heavy atom. The van der Waals surface area contributed by atoms with Gasteiger partial charge in [-0.05, 0) is 36.6 Å². The number of aliphatic carboxylic acids is 1. The minimum Gasteiger partial charge on any atom is -0.481 e. The molecule has 0 bridgehead atoms. The van der Waals surface area contributed by atoms with Gasteiger partial charge in [-0.25, -0.2) is 0 Å². The van der Waals surface area contributed by atoms with E-state index < -0.39 is 5.97 Å². The lowest BCUT2D eigenvalue weighted by atomic mass is 10.1. The number of anilines is 1. The molecule has 1 rings (SSSR count). The van der Waals surface area contributed by atoms with Crippen LogP contribution in [0.5, 0.6) is 0 Å². The van der Waals surface area contributed by atoms with Crippen molar-refractivity contribution in [1.82, 2.24) is 10.6 Å². The molecule has 8 nitrogen and oxygen atoms in total. The van der Waals surface area contributed by atoms with Crippen molar-refractivity contribution in [3.05, 3.63) is 29.8 Å². The molecule has 26 heavy (non-hydrogen) atoms. The first kappa shape index (κ1) is 21.1. The lowest BCUT2D eigenvalue weighted by Gasteiger charge is -2.09. The average Bonchev–Trinajstić information content (AvgIpc) is 2.58. The second kappa shape index (κ2) is 10.9. The summed E-state index contributed by atoms with van der Waals surface area (Å²) in [4.78, 5) is 45.6. The normalized spacial score (nSPS) is 10.3. The minimum atomic E-state index is -0.986. The highest BCUT2D eigenvalue weighted by atomic mass is 16.4. The molecule has 0 fully saturated rings. The molecule has 0 heterocycles. The van der Waals surface area contributed by atoms with Gasteiger partial charge in [-0.15, -0.1) is 0 Å².